The smallest absolute Gasteiger partial charge is 0.269 e. The third kappa shape index (κ3) is 2.69. The number of hydrogen-bond acceptors (Lipinski definition) is 4. The van der Waals surface area contributed by atoms with E-state index in [1.54, 1.807) is 12.1 Å². The first-order valence-electron chi connectivity index (χ1n) is 7.04. The molecule has 1 saturated carbocycles. The van der Waals surface area contributed by atoms with Gasteiger partial charge in [-0.15, -0.1) is 0 Å². The number of aliphatic hydroxyl groups is 1. The van der Waals surface area contributed by atoms with Crippen molar-refractivity contribution in [3.05, 3.63) is 39.9 Å². The highest BCUT2D eigenvalue weighted by Crippen LogP contribution is 2.41. The van der Waals surface area contributed by atoms with Gasteiger partial charge in [0.05, 0.1) is 11.0 Å². The fourth-order valence-electron chi connectivity index (χ4n) is 2.73. The van der Waals surface area contributed by atoms with E-state index in [9.17, 15) is 15.2 Å². The van der Waals surface area contributed by atoms with Crippen LogP contribution in [0.15, 0.2) is 24.3 Å². The van der Waals surface area contributed by atoms with Crippen LogP contribution >= 0.6 is 0 Å². The Morgan fingerprint density at radius 1 is 1.55 bits per heavy atom. The van der Waals surface area contributed by atoms with Crippen molar-refractivity contribution in [3.8, 4) is 0 Å². The van der Waals surface area contributed by atoms with Crippen LogP contribution in [0.2, 0.25) is 0 Å². The van der Waals surface area contributed by atoms with Crippen molar-refractivity contribution in [2.24, 2.45) is 5.41 Å². The van der Waals surface area contributed by atoms with Crippen LogP contribution in [0.4, 0.5) is 5.69 Å². The number of hydrogen-bond donors (Lipinski definition) is 2. The zero-order chi connectivity index (χ0) is 14.9. The van der Waals surface area contributed by atoms with Crippen LogP contribution in [-0.4, -0.2) is 22.2 Å². The van der Waals surface area contributed by atoms with Gasteiger partial charge in [0.25, 0.3) is 5.69 Å². The van der Waals surface area contributed by atoms with Gasteiger partial charge >= 0.3 is 0 Å². The molecule has 1 aromatic rings. The Morgan fingerprint density at radius 3 is 2.75 bits per heavy atom. The van der Waals surface area contributed by atoms with Crippen molar-refractivity contribution in [2.75, 3.05) is 0 Å². The highest BCUT2D eigenvalue weighted by atomic mass is 16.6. The monoisotopic (exact) mass is 278 g/mol. The van der Waals surface area contributed by atoms with Crippen LogP contribution in [0, 0.1) is 15.5 Å². The fraction of sp³-hybridized carbons (Fsp3) is 0.600. The van der Waals surface area contributed by atoms with Gasteiger partial charge in [-0.2, -0.15) is 0 Å². The highest BCUT2D eigenvalue weighted by molar-refractivity contribution is 5.36. The molecule has 5 heteroatoms. The molecule has 0 radical (unpaired) electrons. The molecule has 0 heterocycles. The zero-order valence-electron chi connectivity index (χ0n) is 12.2. The lowest BCUT2D eigenvalue weighted by Gasteiger charge is -2.51. The lowest BCUT2D eigenvalue weighted by molar-refractivity contribution is -0.384. The van der Waals surface area contributed by atoms with Gasteiger partial charge in [0.1, 0.15) is 0 Å². The normalized spacial score (nSPS) is 25.8. The van der Waals surface area contributed by atoms with E-state index in [0.717, 1.165) is 18.4 Å². The van der Waals surface area contributed by atoms with Crippen molar-refractivity contribution in [1.29, 1.82) is 0 Å². The molecule has 20 heavy (non-hydrogen) atoms. The van der Waals surface area contributed by atoms with E-state index in [1.165, 1.54) is 6.07 Å². The van der Waals surface area contributed by atoms with E-state index in [1.807, 2.05) is 19.9 Å². The molecule has 3 unspecified atom stereocenters. The number of nitrogens with one attached hydrogen (secondary N) is 1. The molecule has 0 aromatic heterocycles. The highest BCUT2D eigenvalue weighted by Gasteiger charge is 2.47. The predicted molar refractivity (Wildman–Crippen MR) is 77.5 cm³/mol. The molecule has 5 nitrogen and oxygen atoms in total. The van der Waals surface area contributed by atoms with Crippen molar-refractivity contribution in [1.82, 2.24) is 5.32 Å². The summed E-state index contributed by atoms with van der Waals surface area (Å²) in [5, 5.41) is 24.2. The molecule has 0 bridgehead atoms. The minimum absolute atomic E-state index is 0.0756. The Bertz CT molecular complexity index is 502. The molecule has 1 aromatic carbocycles. The second-order valence-electron chi connectivity index (χ2n) is 6.11. The summed E-state index contributed by atoms with van der Waals surface area (Å²) in [6.45, 7) is 6.14. The first-order chi connectivity index (χ1) is 9.36. The minimum atomic E-state index is -0.368. The summed E-state index contributed by atoms with van der Waals surface area (Å²) in [6.07, 6.45) is 1.31. The first kappa shape index (κ1) is 14.9. The van der Waals surface area contributed by atoms with Crippen LogP contribution in [0.3, 0.4) is 0 Å². The summed E-state index contributed by atoms with van der Waals surface area (Å²) >= 11 is 0. The molecule has 3 atom stereocenters. The van der Waals surface area contributed by atoms with Crippen LogP contribution in [0.5, 0.6) is 0 Å². The molecular formula is C15H22N2O3. The lowest BCUT2D eigenvalue weighted by Crippen LogP contribution is -2.60. The topological polar surface area (TPSA) is 75.4 Å². The zero-order valence-corrected chi connectivity index (χ0v) is 12.2. The molecule has 0 spiro atoms. The standard InChI is InChI=1S/C15H22N2O3/c1-4-12(16-13-9-14(18)15(13,2)3)10-6-5-7-11(8-10)17(19)20/h5-8,12-14,16,18H,4,9H2,1-3H3. The van der Waals surface area contributed by atoms with E-state index in [-0.39, 0.29) is 34.2 Å². The molecular weight excluding hydrogens is 256 g/mol. The maximum Gasteiger partial charge on any atom is 0.269 e. The molecule has 2 N–H and O–H groups in total. The van der Waals surface area contributed by atoms with Gasteiger partial charge < -0.3 is 10.4 Å². The van der Waals surface area contributed by atoms with Gasteiger partial charge in [-0.1, -0.05) is 32.9 Å². The fourth-order valence-corrected chi connectivity index (χ4v) is 2.73. The van der Waals surface area contributed by atoms with Crippen molar-refractivity contribution < 1.29 is 10.0 Å². The number of aliphatic hydroxyl groups excluding tert-OH is 1. The Hall–Kier alpha value is -1.46. The number of non-ortho nitro benzene ring substituents is 1. The maximum absolute atomic E-state index is 10.9. The van der Waals surface area contributed by atoms with Crippen LogP contribution in [0.1, 0.15) is 45.2 Å². The Morgan fingerprint density at radius 2 is 2.25 bits per heavy atom. The summed E-state index contributed by atoms with van der Waals surface area (Å²) < 4.78 is 0. The van der Waals surface area contributed by atoms with Crippen LogP contribution in [0.25, 0.3) is 0 Å². The molecule has 1 aliphatic carbocycles. The molecule has 1 fully saturated rings. The van der Waals surface area contributed by atoms with E-state index in [2.05, 4.69) is 12.2 Å². The van der Waals surface area contributed by atoms with Crippen LogP contribution < -0.4 is 5.32 Å². The third-order valence-electron chi connectivity index (χ3n) is 4.51. The average Bonchev–Trinajstić information content (AvgIpc) is 2.43. The lowest BCUT2D eigenvalue weighted by atomic mass is 9.64. The molecule has 0 aliphatic heterocycles. The van der Waals surface area contributed by atoms with Crippen LogP contribution in [-0.2, 0) is 0 Å². The van der Waals surface area contributed by atoms with E-state index in [4.69, 9.17) is 0 Å². The molecule has 2 rings (SSSR count). The maximum atomic E-state index is 10.9. The summed E-state index contributed by atoms with van der Waals surface area (Å²) in [4.78, 5) is 10.5. The van der Waals surface area contributed by atoms with Gasteiger partial charge in [0, 0.05) is 29.6 Å². The average molecular weight is 278 g/mol. The van der Waals surface area contributed by atoms with E-state index < -0.39 is 0 Å². The third-order valence-corrected chi connectivity index (χ3v) is 4.51. The molecule has 110 valence electrons. The Kier molecular flexibility index (Phi) is 4.11. The van der Waals surface area contributed by atoms with E-state index >= 15 is 0 Å². The van der Waals surface area contributed by atoms with Gasteiger partial charge in [-0.05, 0) is 18.4 Å². The molecule has 0 saturated heterocycles. The first-order valence-corrected chi connectivity index (χ1v) is 7.04. The van der Waals surface area contributed by atoms with Gasteiger partial charge in [0.2, 0.25) is 0 Å². The Balaban J connectivity index is 2.13. The van der Waals surface area contributed by atoms with Gasteiger partial charge in [-0.3, -0.25) is 10.1 Å². The second-order valence-corrected chi connectivity index (χ2v) is 6.11. The molecule has 0 amide bonds. The predicted octanol–water partition coefficient (Wildman–Crippen LogP) is 2.79. The number of rotatable bonds is 5. The van der Waals surface area contributed by atoms with Crippen molar-refractivity contribution in [3.63, 3.8) is 0 Å². The largest absolute Gasteiger partial charge is 0.392 e. The number of nitro groups is 1. The number of nitrogens with zero attached hydrogens (tertiary/aromatic N) is 1. The quantitative estimate of drug-likeness (QED) is 0.641. The van der Waals surface area contributed by atoms with Crippen molar-refractivity contribution in [2.45, 2.75) is 51.8 Å². The van der Waals surface area contributed by atoms with E-state index in [0.29, 0.717) is 0 Å². The SMILES string of the molecule is CCC(NC1CC(O)C1(C)C)c1cccc([N+](=O)[O-])c1. The summed E-state index contributed by atoms with van der Waals surface area (Å²) in [5.41, 5.74) is 0.906. The summed E-state index contributed by atoms with van der Waals surface area (Å²) in [6, 6.07) is 7.08. The van der Waals surface area contributed by atoms with Crippen molar-refractivity contribution >= 4 is 5.69 Å². The minimum Gasteiger partial charge on any atom is -0.392 e. The molecule has 1 aliphatic rings. The second kappa shape index (κ2) is 5.50. The number of benzene rings is 1. The van der Waals surface area contributed by atoms with Gasteiger partial charge in [-0.25, -0.2) is 0 Å². The number of nitro benzene ring substituents is 1. The summed E-state index contributed by atoms with van der Waals surface area (Å²) in [7, 11) is 0. The Labute approximate surface area is 119 Å². The summed E-state index contributed by atoms with van der Waals surface area (Å²) in [5.74, 6) is 0. The van der Waals surface area contributed by atoms with Gasteiger partial charge in [0.15, 0.2) is 0 Å².